The Hall–Kier alpha value is -1.00. The lowest BCUT2D eigenvalue weighted by Crippen LogP contribution is -2.38. The SMILES string of the molecule is CC(C)(C)SCC(=O)NC(CN1CCCC1)c1ccccc1. The summed E-state index contributed by atoms with van der Waals surface area (Å²) in [6.07, 6.45) is 2.55. The van der Waals surface area contributed by atoms with Gasteiger partial charge >= 0.3 is 0 Å². The maximum Gasteiger partial charge on any atom is 0.230 e. The Morgan fingerprint density at radius 2 is 1.86 bits per heavy atom. The highest BCUT2D eigenvalue weighted by Crippen LogP contribution is 2.23. The summed E-state index contributed by atoms with van der Waals surface area (Å²) < 4.78 is 0.120. The van der Waals surface area contributed by atoms with Crippen LogP contribution in [0, 0.1) is 0 Å². The van der Waals surface area contributed by atoms with Gasteiger partial charge in [0.15, 0.2) is 0 Å². The normalized spacial score (nSPS) is 17.4. The third-order valence-corrected chi connectivity index (χ3v) is 5.09. The second kappa shape index (κ2) is 8.02. The number of likely N-dealkylation sites (tertiary alicyclic amines) is 1. The highest BCUT2D eigenvalue weighted by atomic mass is 32.2. The molecule has 0 bridgehead atoms. The van der Waals surface area contributed by atoms with Crippen LogP contribution in [-0.4, -0.2) is 40.9 Å². The Labute approximate surface area is 138 Å². The van der Waals surface area contributed by atoms with Crippen molar-refractivity contribution in [2.45, 2.75) is 44.4 Å². The van der Waals surface area contributed by atoms with E-state index in [1.54, 1.807) is 11.8 Å². The quantitative estimate of drug-likeness (QED) is 0.871. The smallest absolute Gasteiger partial charge is 0.230 e. The van der Waals surface area contributed by atoms with E-state index >= 15 is 0 Å². The fourth-order valence-corrected chi connectivity index (χ4v) is 3.31. The van der Waals surface area contributed by atoms with Gasteiger partial charge in [0, 0.05) is 11.3 Å². The summed E-state index contributed by atoms with van der Waals surface area (Å²) in [5.74, 6) is 0.653. The molecule has 0 aliphatic carbocycles. The molecule has 1 heterocycles. The zero-order valence-electron chi connectivity index (χ0n) is 14.0. The first kappa shape index (κ1) is 17.4. The Morgan fingerprint density at radius 1 is 1.23 bits per heavy atom. The largest absolute Gasteiger partial charge is 0.347 e. The molecule has 122 valence electrons. The average molecular weight is 321 g/mol. The fraction of sp³-hybridized carbons (Fsp3) is 0.611. The van der Waals surface area contributed by atoms with Gasteiger partial charge < -0.3 is 10.2 Å². The van der Waals surface area contributed by atoms with Crippen molar-refractivity contribution in [3.63, 3.8) is 0 Å². The Balaban J connectivity index is 1.96. The number of thioether (sulfide) groups is 1. The van der Waals surface area contributed by atoms with Crippen LogP contribution in [0.25, 0.3) is 0 Å². The van der Waals surface area contributed by atoms with Gasteiger partial charge in [-0.05, 0) is 31.5 Å². The number of carbonyl (C=O) groups excluding carboxylic acids is 1. The van der Waals surface area contributed by atoms with Crippen LogP contribution >= 0.6 is 11.8 Å². The molecule has 1 aliphatic heterocycles. The number of benzene rings is 1. The maximum absolute atomic E-state index is 12.3. The van der Waals surface area contributed by atoms with E-state index in [0.717, 1.165) is 19.6 Å². The van der Waals surface area contributed by atoms with Gasteiger partial charge in [-0.2, -0.15) is 0 Å². The molecule has 2 rings (SSSR count). The first-order chi connectivity index (χ1) is 10.4. The van der Waals surface area contributed by atoms with Gasteiger partial charge in [-0.25, -0.2) is 0 Å². The standard InChI is InChI=1S/C18H28N2OS/c1-18(2,3)22-14-17(21)19-16(13-20-11-7-8-12-20)15-9-5-4-6-10-15/h4-6,9-10,16H,7-8,11-14H2,1-3H3,(H,19,21). The molecule has 0 aromatic heterocycles. The van der Waals surface area contributed by atoms with E-state index in [1.807, 2.05) is 18.2 Å². The van der Waals surface area contributed by atoms with E-state index < -0.39 is 0 Å². The van der Waals surface area contributed by atoms with E-state index in [-0.39, 0.29) is 16.7 Å². The van der Waals surface area contributed by atoms with Crippen molar-refractivity contribution < 1.29 is 4.79 Å². The van der Waals surface area contributed by atoms with Gasteiger partial charge in [0.1, 0.15) is 0 Å². The van der Waals surface area contributed by atoms with Crippen molar-refractivity contribution in [3.05, 3.63) is 35.9 Å². The number of nitrogens with zero attached hydrogens (tertiary/aromatic N) is 1. The van der Waals surface area contributed by atoms with E-state index in [1.165, 1.54) is 18.4 Å². The molecule has 1 N–H and O–H groups in total. The molecule has 4 heteroatoms. The third kappa shape index (κ3) is 6.01. The molecular formula is C18H28N2OS. The molecule has 1 fully saturated rings. The summed E-state index contributed by atoms with van der Waals surface area (Å²) >= 11 is 1.70. The van der Waals surface area contributed by atoms with Crippen molar-refractivity contribution >= 4 is 17.7 Å². The van der Waals surface area contributed by atoms with E-state index in [9.17, 15) is 4.79 Å². The number of amides is 1. The van der Waals surface area contributed by atoms with Crippen LogP contribution in [0.15, 0.2) is 30.3 Å². The summed E-state index contributed by atoms with van der Waals surface area (Å²) in [5.41, 5.74) is 1.20. The minimum atomic E-state index is 0.0902. The predicted octanol–water partition coefficient (Wildman–Crippen LogP) is 3.47. The summed E-state index contributed by atoms with van der Waals surface area (Å²) in [6, 6.07) is 10.4. The molecule has 1 atom stereocenters. The molecule has 0 spiro atoms. The highest BCUT2D eigenvalue weighted by molar-refractivity contribution is 8.01. The number of rotatable bonds is 6. The third-order valence-electron chi connectivity index (χ3n) is 3.81. The minimum absolute atomic E-state index is 0.0902. The van der Waals surface area contributed by atoms with Crippen molar-refractivity contribution in [1.82, 2.24) is 10.2 Å². The molecule has 3 nitrogen and oxygen atoms in total. The van der Waals surface area contributed by atoms with E-state index in [2.05, 4.69) is 43.1 Å². The fourth-order valence-electron chi connectivity index (χ4n) is 2.66. The molecule has 1 aliphatic rings. The lowest BCUT2D eigenvalue weighted by atomic mass is 10.1. The van der Waals surface area contributed by atoms with Crippen LogP contribution < -0.4 is 5.32 Å². The van der Waals surface area contributed by atoms with Crippen LogP contribution in [0.2, 0.25) is 0 Å². The molecule has 1 saturated heterocycles. The topological polar surface area (TPSA) is 32.3 Å². The zero-order valence-corrected chi connectivity index (χ0v) is 14.8. The van der Waals surface area contributed by atoms with E-state index in [0.29, 0.717) is 5.75 Å². The summed E-state index contributed by atoms with van der Waals surface area (Å²) in [7, 11) is 0. The predicted molar refractivity (Wildman–Crippen MR) is 95.2 cm³/mol. The Kier molecular flexibility index (Phi) is 6.33. The number of nitrogens with one attached hydrogen (secondary N) is 1. The molecule has 1 amide bonds. The summed E-state index contributed by atoms with van der Waals surface area (Å²) in [5, 5.41) is 3.23. The van der Waals surface area contributed by atoms with Crippen LogP contribution in [0.5, 0.6) is 0 Å². The van der Waals surface area contributed by atoms with Gasteiger partial charge in [-0.1, -0.05) is 51.1 Å². The monoisotopic (exact) mass is 320 g/mol. The lowest BCUT2D eigenvalue weighted by Gasteiger charge is -2.25. The molecule has 22 heavy (non-hydrogen) atoms. The van der Waals surface area contributed by atoms with Crippen LogP contribution in [-0.2, 0) is 4.79 Å². The molecular weight excluding hydrogens is 292 g/mol. The second-order valence-corrected chi connectivity index (χ2v) is 8.74. The zero-order chi connectivity index (χ0) is 16.0. The first-order valence-electron chi connectivity index (χ1n) is 8.15. The maximum atomic E-state index is 12.3. The summed E-state index contributed by atoms with van der Waals surface area (Å²) in [4.78, 5) is 14.7. The number of carbonyl (C=O) groups is 1. The Bertz CT molecular complexity index is 464. The van der Waals surface area contributed by atoms with Crippen molar-refractivity contribution in [2.75, 3.05) is 25.4 Å². The van der Waals surface area contributed by atoms with Gasteiger partial charge in [0.25, 0.3) is 0 Å². The molecule has 0 saturated carbocycles. The van der Waals surface area contributed by atoms with Gasteiger partial charge in [-0.15, -0.1) is 11.8 Å². The molecule has 0 radical (unpaired) electrons. The Morgan fingerprint density at radius 3 is 2.45 bits per heavy atom. The lowest BCUT2D eigenvalue weighted by molar-refractivity contribution is -0.119. The molecule has 1 unspecified atom stereocenters. The average Bonchev–Trinajstić information content (AvgIpc) is 2.98. The van der Waals surface area contributed by atoms with Gasteiger partial charge in [-0.3, -0.25) is 4.79 Å². The number of hydrogen-bond acceptors (Lipinski definition) is 3. The van der Waals surface area contributed by atoms with Crippen LogP contribution in [0.3, 0.4) is 0 Å². The van der Waals surface area contributed by atoms with Gasteiger partial charge in [0.2, 0.25) is 5.91 Å². The van der Waals surface area contributed by atoms with Crippen molar-refractivity contribution in [3.8, 4) is 0 Å². The van der Waals surface area contributed by atoms with Gasteiger partial charge in [0.05, 0.1) is 11.8 Å². The van der Waals surface area contributed by atoms with E-state index in [4.69, 9.17) is 0 Å². The molecule has 1 aromatic carbocycles. The number of hydrogen-bond donors (Lipinski definition) is 1. The summed E-state index contributed by atoms with van der Waals surface area (Å²) in [6.45, 7) is 9.64. The van der Waals surface area contributed by atoms with Crippen molar-refractivity contribution in [1.29, 1.82) is 0 Å². The highest BCUT2D eigenvalue weighted by Gasteiger charge is 2.21. The first-order valence-corrected chi connectivity index (χ1v) is 9.13. The second-order valence-electron chi connectivity index (χ2n) is 6.94. The van der Waals surface area contributed by atoms with Crippen molar-refractivity contribution in [2.24, 2.45) is 0 Å². The van der Waals surface area contributed by atoms with Crippen LogP contribution in [0.4, 0.5) is 0 Å². The minimum Gasteiger partial charge on any atom is -0.347 e. The molecule has 1 aromatic rings. The van der Waals surface area contributed by atoms with Crippen LogP contribution in [0.1, 0.15) is 45.2 Å².